The molecule has 0 fully saturated rings. The SMILES string of the molecule is NCC(O)CS(=O)c1ccc(-c2cccnc2N)c(/C(N)=N/NN)c1S(N)(=O)=O. The van der Waals surface area contributed by atoms with Crippen LogP contribution in [0.1, 0.15) is 5.56 Å². The highest BCUT2D eigenvalue weighted by Crippen LogP contribution is 2.34. The second-order valence-corrected chi connectivity index (χ2v) is 8.79. The van der Waals surface area contributed by atoms with Crippen molar-refractivity contribution in [3.8, 4) is 11.1 Å². The Labute approximate surface area is 169 Å². The van der Waals surface area contributed by atoms with E-state index in [9.17, 15) is 17.7 Å². The molecule has 0 aliphatic heterocycles. The summed E-state index contributed by atoms with van der Waals surface area (Å²) in [6.07, 6.45) is 0.341. The maximum Gasteiger partial charge on any atom is 0.240 e. The minimum absolute atomic E-state index is 0.0926. The van der Waals surface area contributed by atoms with Crippen LogP contribution in [0.15, 0.2) is 45.4 Å². The van der Waals surface area contributed by atoms with Crippen LogP contribution in [0.5, 0.6) is 0 Å². The van der Waals surface area contributed by atoms with Gasteiger partial charge in [0.25, 0.3) is 0 Å². The molecule has 2 aromatic rings. The van der Waals surface area contributed by atoms with E-state index >= 15 is 0 Å². The minimum Gasteiger partial charge on any atom is -0.391 e. The molecule has 2 atom stereocenters. The summed E-state index contributed by atoms with van der Waals surface area (Å²) in [5.74, 6) is 4.63. The minimum atomic E-state index is -4.45. The molecule has 2 unspecified atom stereocenters. The van der Waals surface area contributed by atoms with Gasteiger partial charge in [0.05, 0.1) is 27.6 Å². The first kappa shape index (κ1) is 22.7. The number of aliphatic hydroxyl groups is 1. The predicted octanol–water partition coefficient (Wildman–Crippen LogP) is -2.51. The summed E-state index contributed by atoms with van der Waals surface area (Å²) in [5.41, 5.74) is 19.6. The Morgan fingerprint density at radius 3 is 2.55 bits per heavy atom. The standard InChI is InChI=1S/C15H22N8O4S2/c16-6-8(24)7-28(25)11-4-3-9(10-2-1-5-21-14(10)17)12(15(18)22-23-19)13(11)29(20,26)27/h1-5,8,23-24H,6-7,16,19H2,(H2,17,21)(H2,18,22)(H2,20,26,27). The fraction of sp³-hybridized carbons (Fsp3) is 0.200. The summed E-state index contributed by atoms with van der Waals surface area (Å²) in [6.45, 7) is -0.158. The fourth-order valence-corrected chi connectivity index (χ4v) is 5.28. The second kappa shape index (κ2) is 9.25. The number of aliphatic hydroxyl groups excluding tert-OH is 1. The van der Waals surface area contributed by atoms with E-state index in [0.29, 0.717) is 5.56 Å². The number of hydrazine groups is 1. The summed E-state index contributed by atoms with van der Waals surface area (Å²) >= 11 is 0. The monoisotopic (exact) mass is 442 g/mol. The highest BCUT2D eigenvalue weighted by atomic mass is 32.2. The van der Waals surface area contributed by atoms with Crippen molar-refractivity contribution in [3.63, 3.8) is 0 Å². The molecule has 12 N–H and O–H groups in total. The molecule has 0 amide bonds. The molecule has 0 aliphatic carbocycles. The highest BCUT2D eigenvalue weighted by molar-refractivity contribution is 7.91. The molecular formula is C15H22N8O4S2. The van der Waals surface area contributed by atoms with Crippen molar-refractivity contribution in [2.75, 3.05) is 18.0 Å². The van der Waals surface area contributed by atoms with Gasteiger partial charge < -0.3 is 22.3 Å². The molecule has 0 saturated carbocycles. The first-order valence-electron chi connectivity index (χ1n) is 8.08. The van der Waals surface area contributed by atoms with Gasteiger partial charge in [-0.05, 0) is 23.8 Å². The zero-order valence-electron chi connectivity index (χ0n) is 15.1. The van der Waals surface area contributed by atoms with E-state index in [4.69, 9.17) is 28.2 Å². The Bertz CT molecular complexity index is 1060. The summed E-state index contributed by atoms with van der Waals surface area (Å²) < 4.78 is 37.7. The van der Waals surface area contributed by atoms with Crippen LogP contribution in [0.2, 0.25) is 0 Å². The van der Waals surface area contributed by atoms with Gasteiger partial charge >= 0.3 is 0 Å². The average Bonchev–Trinajstić information content (AvgIpc) is 2.66. The Hall–Kier alpha value is -2.62. The van der Waals surface area contributed by atoms with Gasteiger partial charge in [-0.1, -0.05) is 6.07 Å². The van der Waals surface area contributed by atoms with Crippen LogP contribution in [0.3, 0.4) is 0 Å². The lowest BCUT2D eigenvalue weighted by atomic mass is 9.99. The molecule has 1 aromatic carbocycles. The zero-order chi connectivity index (χ0) is 21.8. The Balaban J connectivity index is 2.91. The molecule has 1 heterocycles. The number of nitrogen functional groups attached to an aromatic ring is 1. The molecule has 2 rings (SSSR count). The lowest BCUT2D eigenvalue weighted by Crippen LogP contribution is -2.30. The number of nitrogens with zero attached hydrogens (tertiary/aromatic N) is 2. The predicted molar refractivity (Wildman–Crippen MR) is 110 cm³/mol. The van der Waals surface area contributed by atoms with Crippen molar-refractivity contribution in [3.05, 3.63) is 36.0 Å². The molecule has 0 spiro atoms. The maximum absolute atomic E-state index is 12.7. The van der Waals surface area contributed by atoms with Gasteiger partial charge in [-0.3, -0.25) is 4.21 Å². The smallest absolute Gasteiger partial charge is 0.240 e. The van der Waals surface area contributed by atoms with Crippen LogP contribution < -0.4 is 33.7 Å². The second-order valence-electron chi connectivity index (χ2n) is 5.82. The summed E-state index contributed by atoms with van der Waals surface area (Å²) in [5, 5.41) is 18.8. The van der Waals surface area contributed by atoms with Crippen molar-refractivity contribution in [2.45, 2.75) is 15.9 Å². The van der Waals surface area contributed by atoms with Gasteiger partial charge in [-0.2, -0.15) is 0 Å². The van der Waals surface area contributed by atoms with E-state index in [1.807, 2.05) is 5.53 Å². The number of benzene rings is 1. The van der Waals surface area contributed by atoms with Gasteiger partial charge in [0, 0.05) is 23.9 Å². The average molecular weight is 443 g/mol. The fourth-order valence-electron chi connectivity index (χ4n) is 2.61. The number of aromatic nitrogens is 1. The lowest BCUT2D eigenvalue weighted by molar-refractivity contribution is 0.207. The van der Waals surface area contributed by atoms with Gasteiger partial charge in [-0.15, -0.1) is 5.10 Å². The first-order valence-corrected chi connectivity index (χ1v) is 10.9. The molecule has 0 aliphatic rings. The molecule has 12 nitrogen and oxygen atoms in total. The molecule has 29 heavy (non-hydrogen) atoms. The highest BCUT2D eigenvalue weighted by Gasteiger charge is 2.29. The van der Waals surface area contributed by atoms with Crippen LogP contribution in [-0.4, -0.2) is 47.0 Å². The number of rotatable bonds is 8. The molecule has 0 radical (unpaired) electrons. The number of anilines is 1. The third-order valence-corrected chi connectivity index (χ3v) is 6.48. The van der Waals surface area contributed by atoms with Gasteiger partial charge in [0.1, 0.15) is 10.7 Å². The van der Waals surface area contributed by atoms with E-state index in [0.717, 1.165) is 0 Å². The van der Waals surface area contributed by atoms with Crippen molar-refractivity contribution >= 4 is 32.5 Å². The van der Waals surface area contributed by atoms with Crippen LogP contribution in [0, 0.1) is 0 Å². The van der Waals surface area contributed by atoms with E-state index in [-0.39, 0.29) is 40.0 Å². The number of hydrazone groups is 1. The van der Waals surface area contributed by atoms with E-state index in [1.54, 1.807) is 12.1 Å². The van der Waals surface area contributed by atoms with E-state index in [2.05, 4.69) is 10.1 Å². The molecule has 14 heteroatoms. The molecule has 158 valence electrons. The summed E-state index contributed by atoms with van der Waals surface area (Å²) in [7, 11) is -6.43. The van der Waals surface area contributed by atoms with Crippen LogP contribution in [-0.2, 0) is 20.8 Å². The van der Waals surface area contributed by atoms with E-state index < -0.39 is 31.8 Å². The number of primary sulfonamides is 1. The summed E-state index contributed by atoms with van der Waals surface area (Å²) in [6, 6.07) is 5.93. The Kier molecular flexibility index (Phi) is 7.23. The molecule has 0 saturated heterocycles. The number of amidine groups is 1. The quantitative estimate of drug-likeness (QED) is 0.0979. The third kappa shape index (κ3) is 5.06. The van der Waals surface area contributed by atoms with Crippen LogP contribution >= 0.6 is 0 Å². The van der Waals surface area contributed by atoms with Gasteiger partial charge in [0.15, 0.2) is 5.84 Å². The molecule has 0 bridgehead atoms. The summed E-state index contributed by atoms with van der Waals surface area (Å²) in [4.78, 5) is 3.27. The van der Waals surface area contributed by atoms with Gasteiger partial charge in [0.2, 0.25) is 10.0 Å². The van der Waals surface area contributed by atoms with Crippen molar-refractivity contribution < 1.29 is 17.7 Å². The molecular weight excluding hydrogens is 420 g/mol. The Morgan fingerprint density at radius 2 is 2.00 bits per heavy atom. The number of sulfonamides is 1. The number of nitrogens with two attached hydrogens (primary N) is 5. The molecule has 1 aromatic heterocycles. The van der Waals surface area contributed by atoms with Crippen molar-refractivity contribution in [2.24, 2.45) is 27.6 Å². The topological polar surface area (TPSA) is 239 Å². The maximum atomic E-state index is 12.7. The normalized spacial score (nSPS) is 14.4. The Morgan fingerprint density at radius 1 is 1.31 bits per heavy atom. The number of nitrogens with one attached hydrogen (secondary N) is 1. The van der Waals surface area contributed by atoms with Crippen LogP contribution in [0.25, 0.3) is 11.1 Å². The third-order valence-electron chi connectivity index (χ3n) is 3.84. The number of hydrogen-bond acceptors (Lipinski definition) is 10. The van der Waals surface area contributed by atoms with E-state index in [1.165, 1.54) is 18.3 Å². The van der Waals surface area contributed by atoms with Crippen molar-refractivity contribution in [1.29, 1.82) is 0 Å². The van der Waals surface area contributed by atoms with Crippen LogP contribution in [0.4, 0.5) is 5.82 Å². The van der Waals surface area contributed by atoms with Crippen molar-refractivity contribution in [1.82, 2.24) is 10.5 Å². The largest absolute Gasteiger partial charge is 0.391 e. The first-order chi connectivity index (χ1) is 13.6. The van der Waals surface area contributed by atoms with Gasteiger partial charge in [-0.25, -0.2) is 29.9 Å². The zero-order valence-corrected chi connectivity index (χ0v) is 16.8. The lowest BCUT2D eigenvalue weighted by Gasteiger charge is -2.18. The number of pyridine rings is 1. The number of hydrogen-bond donors (Lipinski definition) is 7.